The highest BCUT2D eigenvalue weighted by molar-refractivity contribution is 4.92. The second kappa shape index (κ2) is 7.61. The molecular weight excluding hydrogens is 323 g/mol. The Labute approximate surface area is 130 Å². The summed E-state index contributed by atoms with van der Waals surface area (Å²) in [5.74, 6) is 0. The number of ether oxygens (including phenoxy) is 3. The minimum atomic E-state index is -2.05. The minimum Gasteiger partial charge on any atom is -0.394 e. The lowest BCUT2D eigenvalue weighted by Crippen LogP contribution is -2.63. The van der Waals surface area contributed by atoms with E-state index in [-0.39, 0.29) is 0 Å². The zero-order valence-corrected chi connectivity index (χ0v) is 11.9. The van der Waals surface area contributed by atoms with Crippen LogP contribution in [0.1, 0.15) is 0 Å². The van der Waals surface area contributed by atoms with Crippen molar-refractivity contribution >= 4 is 0 Å². The van der Waals surface area contributed by atoms with Crippen molar-refractivity contribution in [1.29, 1.82) is 0 Å². The molecule has 2 aliphatic heterocycles. The normalized spacial score (nSPS) is 51.7. The fourth-order valence-corrected chi connectivity index (χ4v) is 2.47. The van der Waals surface area contributed by atoms with E-state index >= 15 is 0 Å². The largest absolute Gasteiger partial charge is 0.394 e. The Morgan fingerprint density at radius 3 is 1.70 bits per heavy atom. The first kappa shape index (κ1) is 18.9. The number of aliphatic hydroxyl groups excluding tert-OH is 7. The lowest BCUT2D eigenvalue weighted by Gasteiger charge is -2.44. The highest BCUT2D eigenvalue weighted by Gasteiger charge is 2.50. The molecule has 7 N–H and O–H groups in total. The van der Waals surface area contributed by atoms with Crippen molar-refractivity contribution in [2.45, 2.75) is 61.5 Å². The Bertz CT molecular complexity index is 349. The first-order valence-corrected chi connectivity index (χ1v) is 7.04. The molecule has 11 heteroatoms. The van der Waals surface area contributed by atoms with Gasteiger partial charge in [-0.05, 0) is 0 Å². The molecule has 0 saturated carbocycles. The van der Waals surface area contributed by atoms with E-state index in [9.17, 15) is 29.9 Å². The third-order valence-electron chi connectivity index (χ3n) is 3.92. The summed E-state index contributed by atoms with van der Waals surface area (Å²) in [6.07, 6.45) is -16.9. The standard InChI is InChI=1S/C12H21FO10/c13-5-3(1-14)21-11(9(19)7(5)17)23-12-10(20)8(18)6(16)4(2-15)22-12/h3-12,14-20H,1-2H2/t3?,4?,5-,6+,7?,8-,9?,10?,11+,12+/m0/s1. The molecule has 0 aromatic heterocycles. The van der Waals surface area contributed by atoms with E-state index in [1.807, 2.05) is 0 Å². The number of hydrogen-bond donors (Lipinski definition) is 7. The molecule has 2 rings (SSSR count). The fourth-order valence-electron chi connectivity index (χ4n) is 2.47. The third kappa shape index (κ3) is 3.64. The SMILES string of the molecule is OCC1O[C@H](O[C@H]2OC(CO)[C@@H](O)[C@H](O)C2O)C(O)C(O)[C@H]1F. The van der Waals surface area contributed by atoms with Crippen LogP contribution in [0, 0.1) is 0 Å². The molecule has 23 heavy (non-hydrogen) atoms. The van der Waals surface area contributed by atoms with E-state index in [1.54, 1.807) is 0 Å². The Balaban J connectivity index is 2.07. The molecule has 0 spiro atoms. The van der Waals surface area contributed by atoms with Gasteiger partial charge in [-0.15, -0.1) is 0 Å². The van der Waals surface area contributed by atoms with Crippen LogP contribution in [0.25, 0.3) is 0 Å². The van der Waals surface area contributed by atoms with Crippen molar-refractivity contribution < 1.29 is 54.3 Å². The van der Waals surface area contributed by atoms with Crippen LogP contribution in [0.2, 0.25) is 0 Å². The quantitative estimate of drug-likeness (QED) is 0.264. The number of halogens is 1. The van der Waals surface area contributed by atoms with Crippen LogP contribution in [0.4, 0.5) is 4.39 Å². The highest BCUT2D eigenvalue weighted by Crippen LogP contribution is 2.28. The van der Waals surface area contributed by atoms with E-state index in [4.69, 9.17) is 24.4 Å². The maximum Gasteiger partial charge on any atom is 0.189 e. The summed E-state index contributed by atoms with van der Waals surface area (Å²) < 4.78 is 28.7. The summed E-state index contributed by atoms with van der Waals surface area (Å²) in [4.78, 5) is 0. The van der Waals surface area contributed by atoms with Gasteiger partial charge in [-0.25, -0.2) is 4.39 Å². The van der Waals surface area contributed by atoms with Gasteiger partial charge in [0.05, 0.1) is 13.2 Å². The first-order chi connectivity index (χ1) is 10.8. The van der Waals surface area contributed by atoms with Gasteiger partial charge < -0.3 is 50.0 Å². The van der Waals surface area contributed by atoms with Gasteiger partial charge in [-0.3, -0.25) is 0 Å². The van der Waals surface area contributed by atoms with E-state index < -0.39 is 74.7 Å². The zero-order chi connectivity index (χ0) is 17.3. The van der Waals surface area contributed by atoms with Crippen molar-refractivity contribution in [3.8, 4) is 0 Å². The van der Waals surface area contributed by atoms with Crippen molar-refractivity contribution in [2.75, 3.05) is 13.2 Å². The van der Waals surface area contributed by atoms with Crippen molar-refractivity contribution in [3.05, 3.63) is 0 Å². The predicted molar refractivity (Wildman–Crippen MR) is 67.5 cm³/mol. The first-order valence-electron chi connectivity index (χ1n) is 7.04. The number of rotatable bonds is 4. The summed E-state index contributed by atoms with van der Waals surface area (Å²) in [6.45, 7) is -1.48. The van der Waals surface area contributed by atoms with Crippen LogP contribution in [-0.2, 0) is 14.2 Å². The van der Waals surface area contributed by atoms with Crippen LogP contribution in [0.5, 0.6) is 0 Å². The van der Waals surface area contributed by atoms with E-state index in [0.29, 0.717) is 0 Å². The molecule has 136 valence electrons. The van der Waals surface area contributed by atoms with Gasteiger partial charge in [0, 0.05) is 0 Å². The molecular formula is C12H21FO10. The molecule has 10 nitrogen and oxygen atoms in total. The Morgan fingerprint density at radius 1 is 0.696 bits per heavy atom. The topological polar surface area (TPSA) is 169 Å². The number of hydrogen-bond acceptors (Lipinski definition) is 10. The summed E-state index contributed by atoms with van der Waals surface area (Å²) in [5, 5.41) is 66.5. The van der Waals surface area contributed by atoms with Crippen molar-refractivity contribution in [3.63, 3.8) is 0 Å². The van der Waals surface area contributed by atoms with Crippen molar-refractivity contribution in [1.82, 2.24) is 0 Å². The Kier molecular flexibility index (Phi) is 6.24. The lowest BCUT2D eigenvalue weighted by molar-refractivity contribution is -0.373. The fraction of sp³-hybridized carbons (Fsp3) is 1.00. The highest BCUT2D eigenvalue weighted by atomic mass is 19.1. The Hall–Kier alpha value is -0.470. The average Bonchev–Trinajstić information content (AvgIpc) is 2.55. The summed E-state index contributed by atoms with van der Waals surface area (Å²) in [7, 11) is 0. The van der Waals surface area contributed by atoms with Gasteiger partial charge >= 0.3 is 0 Å². The second-order valence-corrected chi connectivity index (χ2v) is 5.48. The second-order valence-electron chi connectivity index (χ2n) is 5.48. The van der Waals surface area contributed by atoms with Gasteiger partial charge in [0.25, 0.3) is 0 Å². The molecule has 5 unspecified atom stereocenters. The van der Waals surface area contributed by atoms with E-state index in [2.05, 4.69) is 0 Å². The molecule has 2 heterocycles. The zero-order valence-electron chi connectivity index (χ0n) is 11.9. The summed E-state index contributed by atoms with van der Waals surface area (Å²) >= 11 is 0. The summed E-state index contributed by atoms with van der Waals surface area (Å²) in [5.41, 5.74) is 0. The van der Waals surface area contributed by atoms with Crippen LogP contribution >= 0.6 is 0 Å². The molecule has 0 bridgehead atoms. The average molecular weight is 344 g/mol. The maximum atomic E-state index is 13.6. The van der Waals surface area contributed by atoms with Gasteiger partial charge in [-0.2, -0.15) is 0 Å². The van der Waals surface area contributed by atoms with Gasteiger partial charge in [0.2, 0.25) is 0 Å². The maximum absolute atomic E-state index is 13.6. The molecule has 10 atom stereocenters. The monoisotopic (exact) mass is 344 g/mol. The predicted octanol–water partition coefficient (Wildman–Crippen LogP) is -4.42. The molecule has 0 aliphatic carbocycles. The van der Waals surface area contributed by atoms with Gasteiger partial charge in [0.1, 0.15) is 42.7 Å². The molecule has 0 amide bonds. The Morgan fingerprint density at radius 2 is 1.17 bits per heavy atom. The minimum absolute atomic E-state index is 0.687. The van der Waals surface area contributed by atoms with Crippen LogP contribution < -0.4 is 0 Å². The molecule has 0 radical (unpaired) electrons. The number of alkyl halides is 1. The van der Waals surface area contributed by atoms with Crippen LogP contribution in [-0.4, -0.2) is 110 Å². The number of aliphatic hydroxyl groups is 7. The molecule has 2 saturated heterocycles. The van der Waals surface area contributed by atoms with Gasteiger partial charge in [-0.1, -0.05) is 0 Å². The molecule has 2 fully saturated rings. The molecule has 2 aliphatic rings. The molecule has 0 aromatic carbocycles. The van der Waals surface area contributed by atoms with Crippen molar-refractivity contribution in [2.24, 2.45) is 0 Å². The molecule has 0 aromatic rings. The summed E-state index contributed by atoms with van der Waals surface area (Å²) in [6, 6.07) is 0. The van der Waals surface area contributed by atoms with E-state index in [1.165, 1.54) is 0 Å². The lowest BCUT2D eigenvalue weighted by atomic mass is 9.98. The third-order valence-corrected chi connectivity index (χ3v) is 3.92. The smallest absolute Gasteiger partial charge is 0.189 e. The van der Waals surface area contributed by atoms with Gasteiger partial charge in [0.15, 0.2) is 18.8 Å². The van der Waals surface area contributed by atoms with Crippen LogP contribution in [0.3, 0.4) is 0 Å². The van der Waals surface area contributed by atoms with E-state index in [0.717, 1.165) is 0 Å². The van der Waals surface area contributed by atoms with Crippen LogP contribution in [0.15, 0.2) is 0 Å².